The molecule has 5 heteroatoms. The van der Waals surface area contributed by atoms with Crippen molar-refractivity contribution in [1.82, 2.24) is 0 Å². The number of halogens is 2. The Balaban J connectivity index is 1.80. The molecular weight excluding hydrogens is 288 g/mol. The number of nitrogens with one attached hydrogen (secondary N) is 1. The Morgan fingerprint density at radius 3 is 2.68 bits per heavy atom. The molecule has 1 aliphatic carbocycles. The quantitative estimate of drug-likeness (QED) is 0.926. The van der Waals surface area contributed by atoms with Crippen molar-refractivity contribution in [1.29, 1.82) is 0 Å². The fourth-order valence-corrected chi connectivity index (χ4v) is 2.70. The van der Waals surface area contributed by atoms with Gasteiger partial charge in [-0.2, -0.15) is 8.78 Å². The minimum atomic E-state index is -2.96. The second-order valence-corrected chi connectivity index (χ2v) is 5.17. The molecule has 1 amide bonds. The number of hydrogen-bond donors (Lipinski definition) is 1. The van der Waals surface area contributed by atoms with Gasteiger partial charge in [0.2, 0.25) is 0 Å². The number of rotatable bonds is 4. The summed E-state index contributed by atoms with van der Waals surface area (Å²) in [7, 11) is 0. The minimum absolute atomic E-state index is 0.0864. The Morgan fingerprint density at radius 2 is 1.86 bits per heavy atom. The molecule has 2 aromatic rings. The molecule has 0 radical (unpaired) electrons. The number of alkyl halides is 2. The van der Waals surface area contributed by atoms with E-state index in [-0.39, 0.29) is 11.3 Å². The molecule has 0 atom stereocenters. The molecule has 0 spiro atoms. The Kier molecular flexibility index (Phi) is 4.04. The van der Waals surface area contributed by atoms with Crippen LogP contribution in [0.4, 0.5) is 14.5 Å². The van der Waals surface area contributed by atoms with Crippen LogP contribution >= 0.6 is 0 Å². The number of carbonyl (C=O) groups excluding carboxylic acids is 1. The lowest BCUT2D eigenvalue weighted by Gasteiger charge is -2.11. The second-order valence-electron chi connectivity index (χ2n) is 5.17. The van der Waals surface area contributed by atoms with Gasteiger partial charge >= 0.3 is 6.61 Å². The van der Waals surface area contributed by atoms with Gasteiger partial charge < -0.3 is 10.1 Å². The third-order valence-electron chi connectivity index (χ3n) is 3.70. The monoisotopic (exact) mass is 303 g/mol. The number of carbonyl (C=O) groups is 1. The van der Waals surface area contributed by atoms with E-state index in [4.69, 9.17) is 0 Å². The first-order valence-corrected chi connectivity index (χ1v) is 7.10. The molecule has 0 aromatic heterocycles. The van der Waals surface area contributed by atoms with Gasteiger partial charge in [-0.05, 0) is 54.7 Å². The van der Waals surface area contributed by atoms with Crippen LogP contribution in [0, 0.1) is 0 Å². The van der Waals surface area contributed by atoms with Crippen LogP contribution < -0.4 is 10.1 Å². The van der Waals surface area contributed by atoms with E-state index in [0.29, 0.717) is 5.69 Å². The van der Waals surface area contributed by atoms with Crippen LogP contribution in [0.1, 0.15) is 27.9 Å². The van der Waals surface area contributed by atoms with E-state index in [2.05, 4.69) is 10.1 Å². The van der Waals surface area contributed by atoms with Gasteiger partial charge in [-0.1, -0.05) is 18.2 Å². The van der Waals surface area contributed by atoms with E-state index in [1.807, 2.05) is 18.2 Å². The Morgan fingerprint density at radius 1 is 1.09 bits per heavy atom. The van der Waals surface area contributed by atoms with Gasteiger partial charge in [0, 0.05) is 5.69 Å². The van der Waals surface area contributed by atoms with E-state index in [1.165, 1.54) is 23.3 Å². The lowest BCUT2D eigenvalue weighted by molar-refractivity contribution is -0.0501. The van der Waals surface area contributed by atoms with Crippen molar-refractivity contribution in [2.24, 2.45) is 0 Å². The maximum absolute atomic E-state index is 12.4. The molecule has 0 fully saturated rings. The molecular formula is C17H15F2NO2. The third kappa shape index (κ3) is 3.08. The van der Waals surface area contributed by atoms with Gasteiger partial charge in [-0.25, -0.2) is 0 Å². The molecule has 1 aliphatic rings. The lowest BCUT2D eigenvalue weighted by atomic mass is 10.1. The number of ether oxygens (including phenoxy) is 1. The van der Waals surface area contributed by atoms with Crippen molar-refractivity contribution in [2.45, 2.75) is 25.9 Å². The Labute approximate surface area is 126 Å². The van der Waals surface area contributed by atoms with Gasteiger partial charge in [0.25, 0.3) is 5.91 Å². The van der Waals surface area contributed by atoms with Gasteiger partial charge in [-0.15, -0.1) is 0 Å². The van der Waals surface area contributed by atoms with E-state index >= 15 is 0 Å². The van der Waals surface area contributed by atoms with Gasteiger partial charge in [0.15, 0.2) is 0 Å². The molecule has 0 saturated carbocycles. The molecule has 0 unspecified atom stereocenters. The summed E-state index contributed by atoms with van der Waals surface area (Å²) in [6.45, 7) is -2.96. The van der Waals surface area contributed by atoms with Gasteiger partial charge in [-0.3, -0.25) is 4.79 Å². The number of fused-ring (bicyclic) bond motifs is 1. The number of benzene rings is 2. The molecule has 22 heavy (non-hydrogen) atoms. The normalized spacial score (nSPS) is 13.0. The molecule has 1 N–H and O–H groups in total. The van der Waals surface area contributed by atoms with E-state index in [1.54, 1.807) is 12.1 Å². The summed E-state index contributed by atoms with van der Waals surface area (Å²) in [4.78, 5) is 12.3. The van der Waals surface area contributed by atoms with Crippen LogP contribution in [-0.2, 0) is 12.8 Å². The molecule has 0 saturated heterocycles. The molecule has 0 bridgehead atoms. The summed E-state index contributed by atoms with van der Waals surface area (Å²) < 4.78 is 29.2. The lowest BCUT2D eigenvalue weighted by Crippen LogP contribution is -2.15. The van der Waals surface area contributed by atoms with Crippen LogP contribution in [-0.4, -0.2) is 12.5 Å². The zero-order valence-corrected chi connectivity index (χ0v) is 11.8. The van der Waals surface area contributed by atoms with Gasteiger partial charge in [0.05, 0.1) is 5.56 Å². The largest absolute Gasteiger partial charge is 0.434 e. The summed E-state index contributed by atoms with van der Waals surface area (Å²) in [5.74, 6) is -0.592. The standard InChI is InChI=1S/C17H15F2NO2/c18-17(19)22-15-7-2-1-6-14(15)16(21)20-13-9-8-11-4-3-5-12(11)10-13/h1-2,6-10,17H,3-5H2,(H,20,21). The third-order valence-corrected chi connectivity index (χ3v) is 3.70. The summed E-state index contributed by atoms with van der Waals surface area (Å²) >= 11 is 0. The van der Waals surface area contributed by atoms with Crippen molar-refractivity contribution in [3.05, 3.63) is 59.2 Å². The van der Waals surface area contributed by atoms with Gasteiger partial charge in [0.1, 0.15) is 5.75 Å². The number of amides is 1. The van der Waals surface area contributed by atoms with E-state index in [9.17, 15) is 13.6 Å². The Hall–Kier alpha value is -2.43. The van der Waals surface area contributed by atoms with Crippen LogP contribution in [0.3, 0.4) is 0 Å². The fraction of sp³-hybridized carbons (Fsp3) is 0.235. The molecule has 3 rings (SSSR count). The van der Waals surface area contributed by atoms with Crippen molar-refractivity contribution in [2.75, 3.05) is 5.32 Å². The SMILES string of the molecule is O=C(Nc1ccc2c(c1)CCC2)c1ccccc1OC(F)F. The molecule has 0 aliphatic heterocycles. The average molecular weight is 303 g/mol. The predicted octanol–water partition coefficient (Wildman–Crippen LogP) is 4.03. The number of para-hydroxylation sites is 1. The first-order valence-electron chi connectivity index (χ1n) is 7.10. The van der Waals surface area contributed by atoms with Crippen molar-refractivity contribution in [3.63, 3.8) is 0 Å². The highest BCUT2D eigenvalue weighted by Crippen LogP contribution is 2.26. The van der Waals surface area contributed by atoms with Crippen LogP contribution in [0.25, 0.3) is 0 Å². The topological polar surface area (TPSA) is 38.3 Å². The summed E-state index contributed by atoms with van der Waals surface area (Å²) in [6.07, 6.45) is 3.19. The highest BCUT2D eigenvalue weighted by Gasteiger charge is 2.16. The summed E-state index contributed by atoms with van der Waals surface area (Å²) in [5, 5.41) is 2.74. The van der Waals surface area contributed by atoms with Crippen LogP contribution in [0.15, 0.2) is 42.5 Å². The fourth-order valence-electron chi connectivity index (χ4n) is 2.70. The summed E-state index contributed by atoms with van der Waals surface area (Å²) in [6, 6.07) is 11.7. The molecule has 114 valence electrons. The van der Waals surface area contributed by atoms with Crippen molar-refractivity contribution < 1.29 is 18.3 Å². The smallest absolute Gasteiger partial charge is 0.387 e. The second kappa shape index (κ2) is 6.13. The van der Waals surface area contributed by atoms with Crippen LogP contribution in [0.2, 0.25) is 0 Å². The molecule has 0 heterocycles. The maximum atomic E-state index is 12.4. The first kappa shape index (κ1) is 14.5. The zero-order valence-electron chi connectivity index (χ0n) is 11.8. The predicted molar refractivity (Wildman–Crippen MR) is 79.5 cm³/mol. The zero-order chi connectivity index (χ0) is 15.5. The Bertz CT molecular complexity index is 701. The van der Waals surface area contributed by atoms with E-state index in [0.717, 1.165) is 19.3 Å². The van der Waals surface area contributed by atoms with Crippen molar-refractivity contribution in [3.8, 4) is 5.75 Å². The number of anilines is 1. The average Bonchev–Trinajstić information content (AvgIpc) is 2.94. The highest BCUT2D eigenvalue weighted by atomic mass is 19.3. The van der Waals surface area contributed by atoms with E-state index < -0.39 is 12.5 Å². The van der Waals surface area contributed by atoms with Crippen LogP contribution in [0.5, 0.6) is 5.75 Å². The molecule has 2 aromatic carbocycles. The minimum Gasteiger partial charge on any atom is -0.434 e. The first-order chi connectivity index (χ1) is 10.6. The summed E-state index contributed by atoms with van der Waals surface area (Å²) in [5.41, 5.74) is 3.29. The molecule has 3 nitrogen and oxygen atoms in total. The highest BCUT2D eigenvalue weighted by molar-refractivity contribution is 6.06. The number of aryl methyl sites for hydroxylation is 2. The number of hydrogen-bond acceptors (Lipinski definition) is 2. The van der Waals surface area contributed by atoms with Crippen molar-refractivity contribution >= 4 is 11.6 Å². The maximum Gasteiger partial charge on any atom is 0.387 e.